The Morgan fingerprint density at radius 3 is 2.75 bits per heavy atom. The number of hydrogen-bond donors (Lipinski definition) is 2. The Hall–Kier alpha value is -1.61. The largest absolute Gasteiger partial charge is 0.311 e. The average molecular weight is 215 g/mol. The van der Waals surface area contributed by atoms with Gasteiger partial charge in [0.1, 0.15) is 0 Å². The Morgan fingerprint density at radius 1 is 1.25 bits per heavy atom. The molecular formula is C13H17N3. The third kappa shape index (κ3) is 2.94. The molecule has 3 heteroatoms. The first-order valence-corrected chi connectivity index (χ1v) is 5.60. The van der Waals surface area contributed by atoms with Crippen LogP contribution in [0.4, 0.5) is 0 Å². The van der Waals surface area contributed by atoms with Crippen molar-refractivity contribution in [2.24, 2.45) is 0 Å². The third-order valence-corrected chi connectivity index (χ3v) is 2.69. The quantitative estimate of drug-likeness (QED) is 0.803. The van der Waals surface area contributed by atoms with Gasteiger partial charge >= 0.3 is 0 Å². The van der Waals surface area contributed by atoms with Gasteiger partial charge in [0.05, 0.1) is 0 Å². The Balaban J connectivity index is 1.78. The van der Waals surface area contributed by atoms with Gasteiger partial charge in [-0.25, -0.2) is 0 Å². The number of nitrogens with zero attached hydrogens (tertiary/aromatic N) is 1. The molecule has 2 aromatic rings. The van der Waals surface area contributed by atoms with Gasteiger partial charge in [-0.2, -0.15) is 5.10 Å². The molecule has 0 amide bonds. The molecule has 0 fully saturated rings. The summed E-state index contributed by atoms with van der Waals surface area (Å²) >= 11 is 0. The van der Waals surface area contributed by atoms with Gasteiger partial charge in [0.15, 0.2) is 0 Å². The second-order valence-electron chi connectivity index (χ2n) is 4.02. The number of H-pyrrole nitrogens is 1. The van der Waals surface area contributed by atoms with Crippen molar-refractivity contribution in [3.8, 4) is 0 Å². The molecule has 16 heavy (non-hydrogen) atoms. The van der Waals surface area contributed by atoms with Crippen molar-refractivity contribution in [2.75, 3.05) is 6.54 Å². The lowest BCUT2D eigenvalue weighted by atomic mass is 10.0. The standard InChI is InChI=1S/C13H17N3/c1-11(12-5-3-2-4-6-12)9-14-10-13-7-8-15-16-13/h2-8,11,14H,9-10H2,1H3,(H,15,16). The second-order valence-corrected chi connectivity index (χ2v) is 4.02. The number of aromatic nitrogens is 2. The van der Waals surface area contributed by atoms with Crippen LogP contribution in [0.5, 0.6) is 0 Å². The van der Waals surface area contributed by atoms with Gasteiger partial charge in [0, 0.05) is 25.0 Å². The highest BCUT2D eigenvalue weighted by Gasteiger charge is 2.03. The molecule has 0 radical (unpaired) electrons. The van der Waals surface area contributed by atoms with Crippen molar-refractivity contribution in [3.63, 3.8) is 0 Å². The number of nitrogens with one attached hydrogen (secondary N) is 2. The van der Waals surface area contributed by atoms with Gasteiger partial charge in [-0.15, -0.1) is 0 Å². The summed E-state index contributed by atoms with van der Waals surface area (Å²) in [5.41, 5.74) is 2.50. The van der Waals surface area contributed by atoms with Crippen molar-refractivity contribution < 1.29 is 0 Å². The van der Waals surface area contributed by atoms with Gasteiger partial charge in [0.2, 0.25) is 0 Å². The molecule has 0 bridgehead atoms. The molecule has 84 valence electrons. The predicted octanol–water partition coefficient (Wildman–Crippen LogP) is 2.30. The van der Waals surface area contributed by atoms with E-state index in [9.17, 15) is 0 Å². The first-order chi connectivity index (χ1) is 7.86. The molecule has 0 spiro atoms. The smallest absolute Gasteiger partial charge is 0.0490 e. The van der Waals surface area contributed by atoms with E-state index in [1.54, 1.807) is 6.20 Å². The zero-order valence-corrected chi connectivity index (χ0v) is 9.48. The summed E-state index contributed by atoms with van der Waals surface area (Å²) in [7, 11) is 0. The lowest BCUT2D eigenvalue weighted by Gasteiger charge is -2.12. The van der Waals surface area contributed by atoms with Gasteiger partial charge in [-0.1, -0.05) is 37.3 Å². The maximum Gasteiger partial charge on any atom is 0.0490 e. The van der Waals surface area contributed by atoms with E-state index in [4.69, 9.17) is 0 Å². The fourth-order valence-corrected chi connectivity index (χ4v) is 1.71. The molecule has 1 aromatic carbocycles. The Morgan fingerprint density at radius 2 is 2.06 bits per heavy atom. The molecule has 0 saturated carbocycles. The van der Waals surface area contributed by atoms with E-state index in [1.807, 2.05) is 12.1 Å². The molecule has 0 aliphatic heterocycles. The van der Waals surface area contributed by atoms with Crippen LogP contribution >= 0.6 is 0 Å². The summed E-state index contributed by atoms with van der Waals surface area (Å²) in [6, 6.07) is 12.5. The molecule has 3 nitrogen and oxygen atoms in total. The summed E-state index contributed by atoms with van der Waals surface area (Å²) in [5.74, 6) is 0.532. The Bertz CT molecular complexity index is 394. The highest BCUT2D eigenvalue weighted by Crippen LogP contribution is 2.12. The van der Waals surface area contributed by atoms with Crippen LogP contribution in [-0.4, -0.2) is 16.7 Å². The highest BCUT2D eigenvalue weighted by atomic mass is 15.1. The third-order valence-electron chi connectivity index (χ3n) is 2.69. The van der Waals surface area contributed by atoms with Gasteiger partial charge in [-0.05, 0) is 17.5 Å². The molecule has 2 N–H and O–H groups in total. The van der Waals surface area contributed by atoms with Crippen molar-refractivity contribution in [1.29, 1.82) is 0 Å². The summed E-state index contributed by atoms with van der Waals surface area (Å²) < 4.78 is 0. The molecule has 0 aliphatic rings. The van der Waals surface area contributed by atoms with Crippen LogP contribution in [0.3, 0.4) is 0 Å². The molecule has 1 heterocycles. The number of aromatic amines is 1. The zero-order valence-electron chi connectivity index (χ0n) is 9.48. The van der Waals surface area contributed by atoms with Gasteiger partial charge in [-0.3, -0.25) is 5.10 Å². The van der Waals surface area contributed by atoms with E-state index < -0.39 is 0 Å². The van der Waals surface area contributed by atoms with Crippen LogP contribution < -0.4 is 5.32 Å². The maximum absolute atomic E-state index is 3.91. The molecule has 2 rings (SSSR count). The van der Waals surface area contributed by atoms with E-state index >= 15 is 0 Å². The number of benzene rings is 1. The van der Waals surface area contributed by atoms with E-state index in [1.165, 1.54) is 5.56 Å². The summed E-state index contributed by atoms with van der Waals surface area (Å²) in [6.07, 6.45) is 1.78. The molecular weight excluding hydrogens is 198 g/mol. The van der Waals surface area contributed by atoms with Crippen molar-refractivity contribution in [1.82, 2.24) is 15.5 Å². The number of rotatable bonds is 5. The lowest BCUT2D eigenvalue weighted by Crippen LogP contribution is -2.19. The van der Waals surface area contributed by atoms with E-state index in [0.29, 0.717) is 5.92 Å². The predicted molar refractivity (Wildman–Crippen MR) is 65.2 cm³/mol. The van der Waals surface area contributed by atoms with E-state index in [-0.39, 0.29) is 0 Å². The first-order valence-electron chi connectivity index (χ1n) is 5.60. The normalized spacial score (nSPS) is 12.6. The molecule has 1 aromatic heterocycles. The van der Waals surface area contributed by atoms with Crippen LogP contribution in [0.2, 0.25) is 0 Å². The molecule has 1 atom stereocenters. The fraction of sp³-hybridized carbons (Fsp3) is 0.308. The number of hydrogen-bond acceptors (Lipinski definition) is 2. The minimum Gasteiger partial charge on any atom is -0.311 e. The summed E-state index contributed by atoms with van der Waals surface area (Å²) in [6.45, 7) is 4.05. The minimum atomic E-state index is 0.532. The van der Waals surface area contributed by atoms with Crippen LogP contribution in [0.25, 0.3) is 0 Å². The lowest BCUT2D eigenvalue weighted by molar-refractivity contribution is 0.607. The molecule has 1 unspecified atom stereocenters. The first kappa shape index (κ1) is 10.9. The van der Waals surface area contributed by atoms with E-state index in [2.05, 4.69) is 46.7 Å². The van der Waals surface area contributed by atoms with Crippen LogP contribution in [0.1, 0.15) is 24.1 Å². The van der Waals surface area contributed by atoms with Crippen LogP contribution in [-0.2, 0) is 6.54 Å². The monoisotopic (exact) mass is 215 g/mol. The minimum absolute atomic E-state index is 0.532. The maximum atomic E-state index is 3.91. The van der Waals surface area contributed by atoms with Crippen LogP contribution in [0, 0.1) is 0 Å². The second kappa shape index (κ2) is 5.47. The van der Waals surface area contributed by atoms with Crippen LogP contribution in [0.15, 0.2) is 42.6 Å². The SMILES string of the molecule is CC(CNCc1ccn[nH]1)c1ccccc1. The highest BCUT2D eigenvalue weighted by molar-refractivity contribution is 5.19. The summed E-state index contributed by atoms with van der Waals surface area (Å²) in [5, 5.41) is 10.3. The van der Waals surface area contributed by atoms with Crippen molar-refractivity contribution >= 4 is 0 Å². The van der Waals surface area contributed by atoms with Gasteiger partial charge in [0.25, 0.3) is 0 Å². The van der Waals surface area contributed by atoms with Gasteiger partial charge < -0.3 is 5.32 Å². The molecule has 0 aliphatic carbocycles. The van der Waals surface area contributed by atoms with Crippen molar-refractivity contribution in [3.05, 3.63) is 53.9 Å². The van der Waals surface area contributed by atoms with Crippen molar-refractivity contribution in [2.45, 2.75) is 19.4 Å². The average Bonchev–Trinajstić information content (AvgIpc) is 2.83. The summed E-state index contributed by atoms with van der Waals surface area (Å²) in [4.78, 5) is 0. The van der Waals surface area contributed by atoms with E-state index in [0.717, 1.165) is 18.8 Å². The zero-order chi connectivity index (χ0) is 11.2. The Kier molecular flexibility index (Phi) is 3.72. The Labute approximate surface area is 95.9 Å². The fourth-order valence-electron chi connectivity index (χ4n) is 1.71. The molecule has 0 saturated heterocycles. The topological polar surface area (TPSA) is 40.7 Å².